The number of methoxy groups -OCH3 is 2. The van der Waals surface area contributed by atoms with Crippen molar-refractivity contribution in [2.45, 2.75) is 50.1 Å². The highest BCUT2D eigenvalue weighted by Gasteiger charge is 2.40. The standard InChI is InChI=1S/C25H31N3O3S/c1-27(25(17-26)10-5-4-6-11-25)23(29)16-28-12-9-18-14-20(30-2)21(31-3)15-19(18)24(28)22-8-7-13-32-22/h7-8,13-15,24H,4-6,9-12,16H2,1-3H3/t24-/m0/s1. The third kappa shape index (κ3) is 4.10. The van der Waals surface area contributed by atoms with Gasteiger partial charge in [0.2, 0.25) is 5.91 Å². The molecule has 1 amide bonds. The first-order chi connectivity index (χ1) is 15.5. The van der Waals surface area contributed by atoms with Gasteiger partial charge in [0.1, 0.15) is 5.54 Å². The van der Waals surface area contributed by atoms with E-state index in [1.807, 2.05) is 13.1 Å². The molecule has 0 unspecified atom stereocenters. The molecule has 1 aromatic heterocycles. The first-order valence-corrected chi connectivity index (χ1v) is 12.1. The molecule has 0 N–H and O–H groups in total. The SMILES string of the molecule is COc1cc2c(cc1OC)[C@@H](c1cccs1)N(CC(=O)N(C)C1(C#N)CCCCC1)CC2. The van der Waals surface area contributed by atoms with E-state index in [0.717, 1.165) is 56.4 Å². The lowest BCUT2D eigenvalue weighted by Gasteiger charge is -2.42. The van der Waals surface area contributed by atoms with Gasteiger partial charge in [-0.3, -0.25) is 9.69 Å². The normalized spacial score (nSPS) is 20.1. The highest BCUT2D eigenvalue weighted by molar-refractivity contribution is 7.10. The van der Waals surface area contributed by atoms with E-state index in [9.17, 15) is 10.1 Å². The molecule has 32 heavy (non-hydrogen) atoms. The van der Waals surface area contributed by atoms with Crippen LogP contribution in [0.3, 0.4) is 0 Å². The number of ether oxygens (including phenoxy) is 2. The Hall–Kier alpha value is -2.56. The molecule has 1 aromatic carbocycles. The number of likely N-dealkylation sites (N-methyl/N-ethyl adjacent to an activating group) is 1. The van der Waals surface area contributed by atoms with Crippen LogP contribution in [0.4, 0.5) is 0 Å². The highest BCUT2D eigenvalue weighted by Crippen LogP contribution is 2.42. The van der Waals surface area contributed by atoms with Crippen LogP contribution in [0.15, 0.2) is 29.6 Å². The summed E-state index contributed by atoms with van der Waals surface area (Å²) < 4.78 is 11.1. The lowest BCUT2D eigenvalue weighted by atomic mass is 9.81. The summed E-state index contributed by atoms with van der Waals surface area (Å²) in [5, 5.41) is 12.0. The molecule has 1 saturated carbocycles. The fraction of sp³-hybridized carbons (Fsp3) is 0.520. The van der Waals surface area contributed by atoms with Gasteiger partial charge in [0.05, 0.1) is 32.9 Å². The second kappa shape index (κ2) is 9.51. The van der Waals surface area contributed by atoms with Crippen LogP contribution in [-0.2, 0) is 11.2 Å². The van der Waals surface area contributed by atoms with Crippen LogP contribution in [0.25, 0.3) is 0 Å². The summed E-state index contributed by atoms with van der Waals surface area (Å²) in [6.07, 6.45) is 5.50. The van der Waals surface area contributed by atoms with Gasteiger partial charge in [0.15, 0.2) is 11.5 Å². The molecule has 1 atom stereocenters. The third-order valence-electron chi connectivity index (χ3n) is 7.03. The molecular weight excluding hydrogens is 422 g/mol. The molecule has 0 radical (unpaired) electrons. The largest absolute Gasteiger partial charge is 0.493 e. The molecule has 2 aromatic rings. The summed E-state index contributed by atoms with van der Waals surface area (Å²) in [7, 11) is 5.11. The van der Waals surface area contributed by atoms with Gasteiger partial charge in [-0.2, -0.15) is 5.26 Å². The van der Waals surface area contributed by atoms with E-state index in [1.54, 1.807) is 30.5 Å². The molecule has 1 aliphatic heterocycles. The second-order valence-electron chi connectivity index (χ2n) is 8.70. The Balaban J connectivity index is 1.64. The topological polar surface area (TPSA) is 65.8 Å². The van der Waals surface area contributed by atoms with Crippen molar-refractivity contribution in [1.82, 2.24) is 9.80 Å². The molecule has 2 heterocycles. The van der Waals surface area contributed by atoms with Crippen molar-refractivity contribution in [3.63, 3.8) is 0 Å². The van der Waals surface area contributed by atoms with E-state index >= 15 is 0 Å². The monoisotopic (exact) mass is 453 g/mol. The van der Waals surface area contributed by atoms with Gasteiger partial charge in [-0.15, -0.1) is 11.3 Å². The number of thiophene rings is 1. The van der Waals surface area contributed by atoms with Gasteiger partial charge in [-0.25, -0.2) is 0 Å². The van der Waals surface area contributed by atoms with Crippen molar-refractivity contribution in [3.05, 3.63) is 45.6 Å². The first-order valence-electron chi connectivity index (χ1n) is 11.2. The Morgan fingerprint density at radius 1 is 1.25 bits per heavy atom. The Morgan fingerprint density at radius 3 is 2.59 bits per heavy atom. The number of carbonyl (C=O) groups is 1. The number of benzene rings is 1. The second-order valence-corrected chi connectivity index (χ2v) is 9.68. The molecule has 0 bridgehead atoms. The zero-order valence-corrected chi connectivity index (χ0v) is 19.9. The summed E-state index contributed by atoms with van der Waals surface area (Å²) in [4.78, 5) is 18.6. The van der Waals surface area contributed by atoms with E-state index in [-0.39, 0.29) is 18.5 Å². The van der Waals surface area contributed by atoms with Gasteiger partial charge in [-0.05, 0) is 54.0 Å². The molecule has 0 spiro atoms. The summed E-state index contributed by atoms with van der Waals surface area (Å²) >= 11 is 1.70. The Morgan fingerprint density at radius 2 is 1.97 bits per heavy atom. The smallest absolute Gasteiger partial charge is 0.237 e. The predicted molar refractivity (Wildman–Crippen MR) is 125 cm³/mol. The van der Waals surface area contributed by atoms with E-state index in [2.05, 4.69) is 34.5 Å². The predicted octanol–water partition coefficient (Wildman–Crippen LogP) is 4.40. The fourth-order valence-electron chi connectivity index (χ4n) is 5.13. The molecule has 7 heteroatoms. The minimum atomic E-state index is -0.669. The molecule has 1 aliphatic carbocycles. The minimum absolute atomic E-state index is 0.0129. The van der Waals surface area contributed by atoms with E-state index in [0.29, 0.717) is 5.75 Å². The van der Waals surface area contributed by atoms with Crippen LogP contribution in [-0.4, -0.2) is 55.6 Å². The number of nitrogens with zero attached hydrogens (tertiary/aromatic N) is 3. The number of hydrogen-bond acceptors (Lipinski definition) is 6. The number of hydrogen-bond donors (Lipinski definition) is 0. The molecular formula is C25H31N3O3S. The maximum atomic E-state index is 13.4. The molecule has 170 valence electrons. The Kier molecular flexibility index (Phi) is 6.73. The number of rotatable bonds is 6. The molecule has 2 aliphatic rings. The highest BCUT2D eigenvalue weighted by atomic mass is 32.1. The van der Waals surface area contributed by atoms with Crippen LogP contribution in [0, 0.1) is 11.3 Å². The zero-order chi connectivity index (χ0) is 22.7. The number of nitriles is 1. The summed E-state index contributed by atoms with van der Waals surface area (Å²) in [6, 6.07) is 10.7. The van der Waals surface area contributed by atoms with Gasteiger partial charge >= 0.3 is 0 Å². The quantitative estimate of drug-likeness (QED) is 0.649. The maximum absolute atomic E-state index is 13.4. The summed E-state index contributed by atoms with van der Waals surface area (Å²) in [6.45, 7) is 1.06. The van der Waals surface area contributed by atoms with Crippen molar-refractivity contribution >= 4 is 17.2 Å². The molecule has 1 fully saturated rings. The van der Waals surface area contributed by atoms with Gasteiger partial charge in [0, 0.05) is 18.5 Å². The van der Waals surface area contributed by atoms with Crippen LogP contribution < -0.4 is 9.47 Å². The van der Waals surface area contributed by atoms with Gasteiger partial charge in [0.25, 0.3) is 0 Å². The van der Waals surface area contributed by atoms with Crippen LogP contribution in [0.2, 0.25) is 0 Å². The van der Waals surface area contributed by atoms with Crippen molar-refractivity contribution in [2.24, 2.45) is 0 Å². The number of carbonyl (C=O) groups excluding carboxylic acids is 1. The molecule has 4 rings (SSSR count). The van der Waals surface area contributed by atoms with Gasteiger partial charge < -0.3 is 14.4 Å². The molecule has 6 nitrogen and oxygen atoms in total. The van der Waals surface area contributed by atoms with Crippen LogP contribution in [0.1, 0.15) is 54.1 Å². The minimum Gasteiger partial charge on any atom is -0.493 e. The summed E-state index contributed by atoms with van der Waals surface area (Å²) in [5.41, 5.74) is 1.70. The van der Waals surface area contributed by atoms with Crippen molar-refractivity contribution in [1.29, 1.82) is 5.26 Å². The fourth-order valence-corrected chi connectivity index (χ4v) is 6.00. The van der Waals surface area contributed by atoms with E-state index in [1.165, 1.54) is 10.4 Å². The number of amides is 1. The van der Waals surface area contributed by atoms with E-state index in [4.69, 9.17) is 9.47 Å². The van der Waals surface area contributed by atoms with Crippen molar-refractivity contribution in [2.75, 3.05) is 34.4 Å². The average Bonchev–Trinajstić information content (AvgIpc) is 3.37. The number of fused-ring (bicyclic) bond motifs is 1. The van der Waals surface area contributed by atoms with Crippen molar-refractivity contribution < 1.29 is 14.3 Å². The van der Waals surface area contributed by atoms with Crippen LogP contribution >= 0.6 is 11.3 Å². The average molecular weight is 454 g/mol. The van der Waals surface area contributed by atoms with Crippen molar-refractivity contribution in [3.8, 4) is 17.6 Å². The maximum Gasteiger partial charge on any atom is 0.237 e. The summed E-state index contributed by atoms with van der Waals surface area (Å²) in [5.74, 6) is 1.44. The zero-order valence-electron chi connectivity index (χ0n) is 19.1. The van der Waals surface area contributed by atoms with Crippen LogP contribution in [0.5, 0.6) is 11.5 Å². The lowest BCUT2D eigenvalue weighted by Crippen LogP contribution is -2.53. The van der Waals surface area contributed by atoms with Gasteiger partial charge in [-0.1, -0.05) is 25.3 Å². The first kappa shape index (κ1) is 22.6. The third-order valence-corrected chi connectivity index (χ3v) is 7.95. The van der Waals surface area contributed by atoms with E-state index < -0.39 is 5.54 Å². The molecule has 0 saturated heterocycles. The Labute approximate surface area is 194 Å². The Bertz CT molecular complexity index is 993. The lowest BCUT2D eigenvalue weighted by molar-refractivity contribution is -0.136.